The van der Waals surface area contributed by atoms with Gasteiger partial charge in [-0.2, -0.15) is 0 Å². The van der Waals surface area contributed by atoms with Crippen LogP contribution in [0.25, 0.3) is 0 Å². The third-order valence-corrected chi connectivity index (χ3v) is 3.56. The van der Waals surface area contributed by atoms with E-state index in [1.165, 1.54) is 19.4 Å². The van der Waals surface area contributed by atoms with E-state index >= 15 is 0 Å². The van der Waals surface area contributed by atoms with Gasteiger partial charge in [0.05, 0.1) is 12.2 Å². The van der Waals surface area contributed by atoms with Crippen LogP contribution in [0.5, 0.6) is 0 Å². The van der Waals surface area contributed by atoms with Gasteiger partial charge >= 0.3 is 0 Å². The Morgan fingerprint density at radius 3 is 3.21 bits per heavy atom. The van der Waals surface area contributed by atoms with Gasteiger partial charge in [0.2, 0.25) is 0 Å². The van der Waals surface area contributed by atoms with Crippen LogP contribution in [0.4, 0.5) is 0 Å². The molecule has 1 fully saturated rings. The van der Waals surface area contributed by atoms with Gasteiger partial charge in [-0.15, -0.1) is 0 Å². The van der Waals surface area contributed by atoms with Crippen molar-refractivity contribution in [3.05, 3.63) is 30.1 Å². The van der Waals surface area contributed by atoms with Gasteiger partial charge in [-0.25, -0.2) is 4.99 Å². The molecule has 1 aliphatic heterocycles. The first-order valence-electron chi connectivity index (χ1n) is 6.97. The number of guanidine groups is 1. The van der Waals surface area contributed by atoms with Crippen LogP contribution in [0.15, 0.2) is 29.4 Å². The standard InChI is InChI=1S/C14H23N5/c1-2-19-9-5-7-13(19)11-18-14(15)17-10-12-6-3-4-8-16-12/h3-4,6,8,13H,2,5,7,9-11H2,1H3,(H3,15,17,18)/t13-/m1/s1. The lowest BCUT2D eigenvalue weighted by atomic mass is 10.2. The molecule has 1 saturated heterocycles. The minimum Gasteiger partial charge on any atom is -0.370 e. The molecule has 0 spiro atoms. The van der Waals surface area contributed by atoms with E-state index in [2.05, 4.69) is 27.1 Å². The number of nitrogens with one attached hydrogen (secondary N) is 1. The Morgan fingerprint density at radius 2 is 2.47 bits per heavy atom. The molecular formula is C14H23N5. The quantitative estimate of drug-likeness (QED) is 0.612. The molecule has 2 rings (SSSR count). The lowest BCUT2D eigenvalue weighted by molar-refractivity contribution is 0.267. The summed E-state index contributed by atoms with van der Waals surface area (Å²) in [4.78, 5) is 11.0. The molecule has 0 bridgehead atoms. The van der Waals surface area contributed by atoms with Crippen molar-refractivity contribution in [3.8, 4) is 0 Å². The van der Waals surface area contributed by atoms with E-state index in [4.69, 9.17) is 5.73 Å². The third-order valence-electron chi connectivity index (χ3n) is 3.56. The highest BCUT2D eigenvalue weighted by Crippen LogP contribution is 2.15. The summed E-state index contributed by atoms with van der Waals surface area (Å²) in [6, 6.07) is 6.40. The fourth-order valence-electron chi connectivity index (χ4n) is 2.48. The molecule has 0 aliphatic carbocycles. The number of aromatic nitrogens is 1. The number of pyridine rings is 1. The zero-order valence-corrected chi connectivity index (χ0v) is 11.5. The summed E-state index contributed by atoms with van der Waals surface area (Å²) in [6.45, 7) is 5.93. The van der Waals surface area contributed by atoms with Crippen LogP contribution >= 0.6 is 0 Å². The average Bonchev–Trinajstić information content (AvgIpc) is 2.91. The number of hydrogen-bond acceptors (Lipinski definition) is 3. The maximum atomic E-state index is 5.88. The molecule has 3 N–H and O–H groups in total. The van der Waals surface area contributed by atoms with Gasteiger partial charge < -0.3 is 11.1 Å². The van der Waals surface area contributed by atoms with Crippen LogP contribution < -0.4 is 11.1 Å². The first-order chi connectivity index (χ1) is 9.29. The first-order valence-corrected chi connectivity index (χ1v) is 6.97. The first kappa shape index (κ1) is 13.8. The van der Waals surface area contributed by atoms with Crippen LogP contribution in [0, 0.1) is 0 Å². The predicted molar refractivity (Wildman–Crippen MR) is 77.8 cm³/mol. The average molecular weight is 261 g/mol. The molecule has 5 heteroatoms. The van der Waals surface area contributed by atoms with Crippen molar-refractivity contribution in [1.82, 2.24) is 15.2 Å². The Hall–Kier alpha value is -1.62. The Balaban J connectivity index is 1.76. The summed E-state index contributed by atoms with van der Waals surface area (Å²) < 4.78 is 0. The normalized spacial score (nSPS) is 20.7. The molecule has 5 nitrogen and oxygen atoms in total. The topological polar surface area (TPSA) is 66.5 Å². The highest BCUT2D eigenvalue weighted by molar-refractivity contribution is 5.77. The summed E-state index contributed by atoms with van der Waals surface area (Å²) in [5, 5.41) is 3.22. The van der Waals surface area contributed by atoms with E-state index in [9.17, 15) is 0 Å². The van der Waals surface area contributed by atoms with E-state index < -0.39 is 0 Å². The number of nitrogens with two attached hydrogens (primary N) is 1. The van der Waals surface area contributed by atoms with Gasteiger partial charge in [-0.3, -0.25) is 9.88 Å². The number of likely N-dealkylation sites (tertiary alicyclic amines) is 1. The Labute approximate surface area is 114 Å². The smallest absolute Gasteiger partial charge is 0.189 e. The van der Waals surface area contributed by atoms with E-state index in [0.29, 0.717) is 18.5 Å². The van der Waals surface area contributed by atoms with Crippen molar-refractivity contribution in [1.29, 1.82) is 0 Å². The number of likely N-dealkylation sites (N-methyl/N-ethyl adjacent to an activating group) is 1. The number of nitrogens with zero attached hydrogens (tertiary/aromatic N) is 3. The molecule has 0 saturated carbocycles. The molecule has 0 amide bonds. The zero-order chi connectivity index (χ0) is 13.5. The zero-order valence-electron chi connectivity index (χ0n) is 11.5. The minimum atomic E-state index is 0.508. The van der Waals surface area contributed by atoms with Crippen molar-refractivity contribution in [2.45, 2.75) is 32.4 Å². The highest BCUT2D eigenvalue weighted by atomic mass is 15.2. The third kappa shape index (κ3) is 4.21. The van der Waals surface area contributed by atoms with Crippen LogP contribution in [0.3, 0.4) is 0 Å². The molecule has 0 unspecified atom stereocenters. The number of hydrogen-bond donors (Lipinski definition) is 2. The van der Waals surface area contributed by atoms with E-state index in [1.807, 2.05) is 18.2 Å². The van der Waals surface area contributed by atoms with Crippen molar-refractivity contribution in [3.63, 3.8) is 0 Å². The molecule has 1 aromatic heterocycles. The predicted octanol–water partition coefficient (Wildman–Crippen LogP) is 0.970. The van der Waals surface area contributed by atoms with Crippen molar-refractivity contribution in [2.24, 2.45) is 10.7 Å². The van der Waals surface area contributed by atoms with Gasteiger partial charge in [0.15, 0.2) is 5.96 Å². The van der Waals surface area contributed by atoms with Crippen LogP contribution in [0.2, 0.25) is 0 Å². The summed E-state index contributed by atoms with van der Waals surface area (Å²) in [7, 11) is 0. The Bertz CT molecular complexity index is 404. The second-order valence-corrected chi connectivity index (χ2v) is 4.83. The largest absolute Gasteiger partial charge is 0.370 e. The fraction of sp³-hybridized carbons (Fsp3) is 0.571. The van der Waals surface area contributed by atoms with Crippen LogP contribution in [0.1, 0.15) is 25.5 Å². The highest BCUT2D eigenvalue weighted by Gasteiger charge is 2.22. The van der Waals surface area contributed by atoms with Crippen molar-refractivity contribution < 1.29 is 0 Å². The minimum absolute atomic E-state index is 0.508. The lowest BCUT2D eigenvalue weighted by Crippen LogP contribution is -2.42. The van der Waals surface area contributed by atoms with E-state index in [1.54, 1.807) is 6.20 Å². The molecule has 104 valence electrons. The maximum absolute atomic E-state index is 5.88. The fourth-order valence-corrected chi connectivity index (χ4v) is 2.48. The summed E-state index contributed by atoms with van der Waals surface area (Å²) >= 11 is 0. The lowest BCUT2D eigenvalue weighted by Gasteiger charge is -2.23. The van der Waals surface area contributed by atoms with Gasteiger partial charge in [0.1, 0.15) is 0 Å². The van der Waals surface area contributed by atoms with Crippen molar-refractivity contribution in [2.75, 3.05) is 19.6 Å². The molecule has 0 radical (unpaired) electrons. The molecule has 19 heavy (non-hydrogen) atoms. The number of rotatable bonds is 5. The summed E-state index contributed by atoms with van der Waals surface area (Å²) in [5.41, 5.74) is 6.81. The SMILES string of the molecule is CCN1CCC[C@@H]1CNC(N)=NCc1ccccn1. The van der Waals surface area contributed by atoms with Crippen LogP contribution in [-0.4, -0.2) is 41.5 Å². The van der Waals surface area contributed by atoms with Gasteiger partial charge in [0, 0.05) is 18.8 Å². The summed E-state index contributed by atoms with van der Waals surface area (Å²) in [5.74, 6) is 0.508. The van der Waals surface area contributed by atoms with Crippen LogP contribution in [-0.2, 0) is 6.54 Å². The molecule has 1 atom stereocenters. The Morgan fingerprint density at radius 1 is 1.58 bits per heavy atom. The Kier molecular flexibility index (Phi) is 5.15. The molecule has 0 aromatic carbocycles. The molecule has 1 aromatic rings. The molecular weight excluding hydrogens is 238 g/mol. The molecule has 2 heterocycles. The summed E-state index contributed by atoms with van der Waals surface area (Å²) in [6.07, 6.45) is 4.30. The second-order valence-electron chi connectivity index (χ2n) is 4.83. The second kappa shape index (κ2) is 7.09. The maximum Gasteiger partial charge on any atom is 0.189 e. The van der Waals surface area contributed by atoms with Gasteiger partial charge in [-0.05, 0) is 38.1 Å². The van der Waals surface area contributed by atoms with E-state index in [-0.39, 0.29) is 0 Å². The van der Waals surface area contributed by atoms with Crippen molar-refractivity contribution >= 4 is 5.96 Å². The van der Waals surface area contributed by atoms with Gasteiger partial charge in [0.25, 0.3) is 0 Å². The number of aliphatic imine (C=N–C) groups is 1. The monoisotopic (exact) mass is 261 g/mol. The molecule has 1 aliphatic rings. The van der Waals surface area contributed by atoms with Gasteiger partial charge in [-0.1, -0.05) is 13.0 Å². The van der Waals surface area contributed by atoms with E-state index in [0.717, 1.165) is 18.8 Å².